The molecule has 0 aromatic carbocycles. The molecule has 130 valence electrons. The number of halogens is 8. The fourth-order valence-corrected chi connectivity index (χ4v) is 4.54. The minimum atomic E-state index is -6.03. The smallest absolute Gasteiger partial charge is 0.373 e. The van der Waals surface area contributed by atoms with Crippen LogP contribution >= 0.6 is 31.9 Å². The van der Waals surface area contributed by atoms with Crippen LogP contribution in [0, 0.1) is 11.3 Å². The van der Waals surface area contributed by atoms with Gasteiger partial charge in [0.1, 0.15) is 0 Å². The lowest BCUT2D eigenvalue weighted by Crippen LogP contribution is -2.70. The van der Waals surface area contributed by atoms with Crippen LogP contribution in [0.3, 0.4) is 0 Å². The van der Waals surface area contributed by atoms with Crippen molar-refractivity contribution in [3.63, 3.8) is 0 Å². The first-order valence-electron chi connectivity index (χ1n) is 6.12. The van der Waals surface area contributed by atoms with Crippen molar-refractivity contribution in [1.82, 2.24) is 0 Å². The summed E-state index contributed by atoms with van der Waals surface area (Å²) in [5.41, 5.74) is -6.84. The maximum atomic E-state index is 13.1. The third kappa shape index (κ3) is 2.94. The summed E-state index contributed by atoms with van der Waals surface area (Å²) in [6, 6.07) is 0. The van der Waals surface area contributed by atoms with Gasteiger partial charge in [-0.05, 0) is 18.8 Å². The first kappa shape index (κ1) is 20.2. The van der Waals surface area contributed by atoms with Crippen LogP contribution < -0.4 is 0 Å². The molecule has 0 spiro atoms. The quantitative estimate of drug-likeness (QED) is 0.463. The second kappa shape index (κ2) is 5.34. The maximum absolute atomic E-state index is 13.1. The Kier molecular flexibility index (Phi) is 4.90. The molecule has 1 aliphatic rings. The number of hydrogen-bond donors (Lipinski definition) is 1. The highest BCUT2D eigenvalue weighted by Gasteiger charge is 2.78. The van der Waals surface area contributed by atoms with Crippen LogP contribution in [-0.4, -0.2) is 38.0 Å². The molecule has 1 N–H and O–H groups in total. The third-order valence-corrected chi connectivity index (χ3v) is 6.74. The second-order valence-electron chi connectivity index (χ2n) is 6.40. The zero-order valence-corrected chi connectivity index (χ0v) is 14.9. The standard InChI is InChI=1S/C12H14Br2F6O2/c1-8(2)4-9(3,14)7(13)5(21)6(8)10(22,11(15,16)17)12(18,19)20/h6-7,22H,4H2,1-3H3/t6-,7+,9-/m0/s1. The number of rotatable bonds is 1. The fourth-order valence-electron chi connectivity index (χ4n) is 3.17. The average Bonchev–Trinajstić information content (AvgIpc) is 2.20. The van der Waals surface area contributed by atoms with Gasteiger partial charge >= 0.3 is 12.4 Å². The zero-order valence-electron chi connectivity index (χ0n) is 11.7. The molecule has 1 saturated carbocycles. The van der Waals surface area contributed by atoms with Crippen molar-refractivity contribution < 1.29 is 36.2 Å². The molecule has 2 nitrogen and oxygen atoms in total. The number of Topliss-reactive ketones (excluding diaryl/α,β-unsaturated/α-hetero) is 1. The summed E-state index contributed by atoms with van der Waals surface area (Å²) in [6.07, 6.45) is -12.2. The molecular weight excluding hydrogens is 450 g/mol. The lowest BCUT2D eigenvalue weighted by molar-refractivity contribution is -0.389. The molecule has 1 fully saturated rings. The van der Waals surface area contributed by atoms with Gasteiger partial charge < -0.3 is 5.11 Å². The summed E-state index contributed by atoms with van der Waals surface area (Å²) >= 11 is 6.01. The molecule has 0 saturated heterocycles. The molecule has 1 rings (SSSR count). The highest BCUT2D eigenvalue weighted by atomic mass is 79.9. The maximum Gasteiger partial charge on any atom is 0.427 e. The van der Waals surface area contributed by atoms with Gasteiger partial charge in [0, 0.05) is 4.32 Å². The highest BCUT2D eigenvalue weighted by molar-refractivity contribution is 9.12. The molecule has 0 amide bonds. The predicted molar refractivity (Wildman–Crippen MR) is 74.0 cm³/mol. The van der Waals surface area contributed by atoms with E-state index in [1.54, 1.807) is 0 Å². The normalized spacial score (nSPS) is 33.9. The molecule has 0 aliphatic heterocycles. The van der Waals surface area contributed by atoms with E-state index in [1.807, 2.05) is 0 Å². The Bertz CT molecular complexity index is 455. The highest BCUT2D eigenvalue weighted by Crippen LogP contribution is 2.59. The lowest BCUT2D eigenvalue weighted by atomic mass is 9.58. The van der Waals surface area contributed by atoms with Gasteiger partial charge in [-0.2, -0.15) is 26.3 Å². The minimum Gasteiger partial charge on any atom is -0.373 e. The van der Waals surface area contributed by atoms with Gasteiger partial charge in [-0.1, -0.05) is 45.7 Å². The Morgan fingerprint density at radius 2 is 1.45 bits per heavy atom. The molecule has 0 radical (unpaired) electrons. The lowest BCUT2D eigenvalue weighted by Gasteiger charge is -2.52. The molecule has 0 unspecified atom stereocenters. The van der Waals surface area contributed by atoms with E-state index in [2.05, 4.69) is 31.9 Å². The van der Waals surface area contributed by atoms with E-state index in [1.165, 1.54) is 6.92 Å². The molecule has 0 aromatic heterocycles. The van der Waals surface area contributed by atoms with E-state index in [0.717, 1.165) is 13.8 Å². The first-order valence-corrected chi connectivity index (χ1v) is 7.83. The SMILES string of the molecule is CC1(C)C[C@](C)(Br)[C@H](Br)C(=O)[C@@H]1C(O)(C(F)(F)F)C(F)(F)F. The van der Waals surface area contributed by atoms with Crippen molar-refractivity contribution in [2.24, 2.45) is 11.3 Å². The van der Waals surface area contributed by atoms with Crippen LogP contribution in [0.2, 0.25) is 0 Å². The van der Waals surface area contributed by atoms with E-state index in [0.29, 0.717) is 0 Å². The van der Waals surface area contributed by atoms with Crippen molar-refractivity contribution in [3.8, 4) is 0 Å². The molecule has 0 heterocycles. The van der Waals surface area contributed by atoms with Gasteiger partial charge in [0.05, 0.1) is 10.7 Å². The van der Waals surface area contributed by atoms with Crippen molar-refractivity contribution in [3.05, 3.63) is 0 Å². The number of carbonyl (C=O) groups excluding carboxylic acids is 1. The van der Waals surface area contributed by atoms with E-state index in [4.69, 9.17) is 0 Å². The molecular formula is C12H14Br2F6O2. The van der Waals surface area contributed by atoms with E-state index >= 15 is 0 Å². The average molecular weight is 464 g/mol. The van der Waals surface area contributed by atoms with Crippen LogP contribution in [0.15, 0.2) is 0 Å². The van der Waals surface area contributed by atoms with Gasteiger partial charge in [-0.15, -0.1) is 0 Å². The zero-order chi connectivity index (χ0) is 17.9. The Hall–Kier alpha value is 0.170. The van der Waals surface area contributed by atoms with Crippen LogP contribution in [0.4, 0.5) is 26.3 Å². The van der Waals surface area contributed by atoms with E-state index in [-0.39, 0.29) is 6.42 Å². The number of ketones is 1. The van der Waals surface area contributed by atoms with Gasteiger partial charge in [0.2, 0.25) is 0 Å². The second-order valence-corrected chi connectivity index (χ2v) is 9.13. The third-order valence-electron chi connectivity index (χ3n) is 3.93. The van der Waals surface area contributed by atoms with Crippen LogP contribution in [-0.2, 0) is 4.79 Å². The largest absolute Gasteiger partial charge is 0.427 e. The molecule has 0 aromatic rings. The summed E-state index contributed by atoms with van der Waals surface area (Å²) in [6.45, 7) is 3.70. The molecule has 1 aliphatic carbocycles. The van der Waals surface area contributed by atoms with Crippen LogP contribution in [0.1, 0.15) is 27.2 Å². The number of alkyl halides is 8. The predicted octanol–water partition coefficient (Wildman–Crippen LogP) is 4.37. The Balaban J connectivity index is 3.59. The van der Waals surface area contributed by atoms with Crippen molar-refractivity contribution in [2.75, 3.05) is 0 Å². The summed E-state index contributed by atoms with van der Waals surface area (Å²) in [7, 11) is 0. The minimum absolute atomic E-state index is 0.180. The molecule has 10 heteroatoms. The molecule has 0 bridgehead atoms. The van der Waals surface area contributed by atoms with Crippen LogP contribution in [0.5, 0.6) is 0 Å². The Morgan fingerprint density at radius 1 is 1.09 bits per heavy atom. The van der Waals surface area contributed by atoms with Crippen molar-refractivity contribution in [2.45, 2.75) is 54.3 Å². The first-order chi connectivity index (χ1) is 9.39. The number of aliphatic hydroxyl groups is 1. The van der Waals surface area contributed by atoms with Gasteiger partial charge in [0.25, 0.3) is 5.60 Å². The van der Waals surface area contributed by atoms with Gasteiger partial charge in [-0.3, -0.25) is 4.79 Å². The van der Waals surface area contributed by atoms with Gasteiger partial charge in [0.15, 0.2) is 5.78 Å². The van der Waals surface area contributed by atoms with Crippen molar-refractivity contribution in [1.29, 1.82) is 0 Å². The Morgan fingerprint density at radius 3 is 1.77 bits per heavy atom. The number of carbonyl (C=O) groups is 1. The number of hydrogen-bond acceptors (Lipinski definition) is 2. The summed E-state index contributed by atoms with van der Waals surface area (Å²) in [4.78, 5) is 11.0. The topological polar surface area (TPSA) is 37.3 Å². The monoisotopic (exact) mass is 462 g/mol. The summed E-state index contributed by atoms with van der Waals surface area (Å²) < 4.78 is 77.4. The fraction of sp³-hybridized carbons (Fsp3) is 0.917. The molecule has 3 atom stereocenters. The molecule has 22 heavy (non-hydrogen) atoms. The van der Waals surface area contributed by atoms with E-state index in [9.17, 15) is 36.2 Å². The van der Waals surface area contributed by atoms with Crippen molar-refractivity contribution >= 4 is 37.6 Å². The van der Waals surface area contributed by atoms with Gasteiger partial charge in [-0.25, -0.2) is 0 Å². The van der Waals surface area contributed by atoms with E-state index < -0.39 is 44.2 Å². The summed E-state index contributed by atoms with van der Waals surface area (Å²) in [5.74, 6) is -4.01. The van der Waals surface area contributed by atoms with Crippen LogP contribution in [0.25, 0.3) is 0 Å². The summed E-state index contributed by atoms with van der Waals surface area (Å²) in [5, 5.41) is 9.60. The Labute approximate surface area is 139 Å².